The maximum Gasteiger partial charge on any atom is 0.343 e. The predicted molar refractivity (Wildman–Crippen MR) is 125 cm³/mol. The van der Waals surface area contributed by atoms with Crippen LogP contribution in [-0.2, 0) is 4.79 Å². The summed E-state index contributed by atoms with van der Waals surface area (Å²) in [6, 6.07) is 16.8. The number of carbonyl (C=O) groups is 2. The molecule has 1 amide bonds. The Morgan fingerprint density at radius 3 is 2.37 bits per heavy atom. The normalized spacial score (nSPS) is 10.5. The van der Waals surface area contributed by atoms with E-state index in [2.05, 4.69) is 10.5 Å². The molecule has 3 aromatic rings. The molecular weight excluding hydrogens is 458 g/mol. The van der Waals surface area contributed by atoms with Crippen LogP contribution in [0.2, 0.25) is 0 Å². The van der Waals surface area contributed by atoms with Gasteiger partial charge in [0.25, 0.3) is 5.91 Å². The number of rotatable bonds is 10. The third kappa shape index (κ3) is 6.78. The number of hydrogen-bond acceptors (Lipinski definition) is 9. The SMILES string of the molecule is COc1ccc(C(=O)Oc2ccc(/C=N\NC(=O)COc3ccccc3[N+](=O)[O-])cc2)cc1OC. The predicted octanol–water partition coefficient (Wildman–Crippen LogP) is 3.36. The van der Waals surface area contributed by atoms with Gasteiger partial charge in [0.1, 0.15) is 5.75 Å². The second-order valence-corrected chi connectivity index (χ2v) is 6.84. The molecule has 0 saturated carbocycles. The zero-order valence-corrected chi connectivity index (χ0v) is 18.8. The van der Waals surface area contributed by atoms with Gasteiger partial charge in [0.2, 0.25) is 0 Å². The summed E-state index contributed by atoms with van der Waals surface area (Å²) in [5.41, 5.74) is 2.94. The van der Waals surface area contributed by atoms with Gasteiger partial charge in [-0.1, -0.05) is 12.1 Å². The highest BCUT2D eigenvalue weighted by Crippen LogP contribution is 2.28. The molecule has 35 heavy (non-hydrogen) atoms. The van der Waals surface area contributed by atoms with E-state index in [4.69, 9.17) is 18.9 Å². The molecule has 0 aliphatic carbocycles. The molecule has 11 nitrogen and oxygen atoms in total. The molecule has 0 bridgehead atoms. The van der Waals surface area contributed by atoms with Gasteiger partial charge in [0, 0.05) is 6.07 Å². The Hall–Kier alpha value is -4.93. The lowest BCUT2D eigenvalue weighted by atomic mass is 10.2. The molecule has 0 aliphatic rings. The molecule has 11 heteroatoms. The third-order valence-corrected chi connectivity index (χ3v) is 4.53. The van der Waals surface area contributed by atoms with Crippen LogP contribution < -0.4 is 24.4 Å². The number of hydrazone groups is 1. The number of benzene rings is 3. The third-order valence-electron chi connectivity index (χ3n) is 4.53. The van der Waals surface area contributed by atoms with Crippen LogP contribution in [0, 0.1) is 10.1 Å². The molecule has 3 aromatic carbocycles. The molecule has 0 heterocycles. The molecule has 1 N–H and O–H groups in total. The Morgan fingerprint density at radius 2 is 1.69 bits per heavy atom. The van der Waals surface area contributed by atoms with E-state index in [1.807, 2.05) is 0 Å². The molecule has 0 aromatic heterocycles. The number of nitro benzene ring substituents is 1. The number of nitro groups is 1. The average molecular weight is 479 g/mol. The van der Waals surface area contributed by atoms with Crippen molar-refractivity contribution < 1.29 is 33.5 Å². The van der Waals surface area contributed by atoms with Crippen molar-refractivity contribution in [3.05, 3.63) is 88.0 Å². The molecule has 0 saturated heterocycles. The molecule has 180 valence electrons. The van der Waals surface area contributed by atoms with Crippen molar-refractivity contribution >= 4 is 23.8 Å². The minimum atomic E-state index is -0.597. The van der Waals surface area contributed by atoms with Crippen molar-refractivity contribution in [1.29, 1.82) is 0 Å². The van der Waals surface area contributed by atoms with Crippen LogP contribution in [0.5, 0.6) is 23.0 Å². The van der Waals surface area contributed by atoms with Crippen LogP contribution >= 0.6 is 0 Å². The van der Waals surface area contributed by atoms with E-state index >= 15 is 0 Å². The fraction of sp³-hybridized carbons (Fsp3) is 0.125. The van der Waals surface area contributed by atoms with Crippen LogP contribution in [0.4, 0.5) is 5.69 Å². The molecule has 0 radical (unpaired) electrons. The molecular formula is C24H21N3O8. The number of nitrogens with zero attached hydrogens (tertiary/aromatic N) is 2. The maximum absolute atomic E-state index is 12.4. The summed E-state index contributed by atoms with van der Waals surface area (Å²) >= 11 is 0. The fourth-order valence-corrected chi connectivity index (χ4v) is 2.84. The highest BCUT2D eigenvalue weighted by molar-refractivity contribution is 5.92. The topological polar surface area (TPSA) is 139 Å². The van der Waals surface area contributed by atoms with E-state index in [1.165, 1.54) is 44.7 Å². The number of amides is 1. The first kappa shape index (κ1) is 24.7. The van der Waals surface area contributed by atoms with Crippen molar-refractivity contribution in [2.24, 2.45) is 5.10 Å². The number of carbonyl (C=O) groups excluding carboxylic acids is 2. The van der Waals surface area contributed by atoms with E-state index in [0.29, 0.717) is 28.4 Å². The number of para-hydroxylation sites is 2. The second-order valence-electron chi connectivity index (χ2n) is 6.84. The lowest BCUT2D eigenvalue weighted by molar-refractivity contribution is -0.385. The van der Waals surface area contributed by atoms with Crippen molar-refractivity contribution in [2.45, 2.75) is 0 Å². The zero-order valence-electron chi connectivity index (χ0n) is 18.8. The monoisotopic (exact) mass is 479 g/mol. The number of esters is 1. The van der Waals surface area contributed by atoms with Crippen molar-refractivity contribution in [3.63, 3.8) is 0 Å². The van der Waals surface area contributed by atoms with Gasteiger partial charge in [-0.3, -0.25) is 14.9 Å². The van der Waals surface area contributed by atoms with Gasteiger partial charge in [-0.2, -0.15) is 5.10 Å². The first-order valence-electron chi connectivity index (χ1n) is 10.1. The lowest BCUT2D eigenvalue weighted by Crippen LogP contribution is -2.24. The van der Waals surface area contributed by atoms with Crippen molar-refractivity contribution in [1.82, 2.24) is 5.43 Å². The Balaban J connectivity index is 1.51. The van der Waals surface area contributed by atoms with Gasteiger partial charge >= 0.3 is 11.7 Å². The molecule has 3 rings (SSSR count). The largest absolute Gasteiger partial charge is 0.493 e. The molecule has 0 spiro atoms. The fourth-order valence-electron chi connectivity index (χ4n) is 2.84. The van der Waals surface area contributed by atoms with Gasteiger partial charge in [-0.05, 0) is 54.1 Å². The Bertz CT molecular complexity index is 1240. The molecule has 0 fully saturated rings. The Morgan fingerprint density at radius 1 is 0.971 bits per heavy atom. The quantitative estimate of drug-likeness (QED) is 0.154. The molecule has 0 atom stereocenters. The molecule has 0 aliphatic heterocycles. The van der Waals surface area contributed by atoms with Crippen LogP contribution in [0.1, 0.15) is 15.9 Å². The van der Waals surface area contributed by atoms with Gasteiger partial charge in [0.15, 0.2) is 23.9 Å². The highest BCUT2D eigenvalue weighted by Gasteiger charge is 2.15. The summed E-state index contributed by atoms with van der Waals surface area (Å²) in [6.45, 7) is -0.451. The Kier molecular flexibility index (Phi) is 8.33. The maximum atomic E-state index is 12.4. The van der Waals surface area contributed by atoms with Gasteiger partial charge < -0.3 is 18.9 Å². The first-order valence-corrected chi connectivity index (χ1v) is 10.1. The lowest BCUT2D eigenvalue weighted by Gasteiger charge is -2.09. The summed E-state index contributed by atoms with van der Waals surface area (Å²) < 4.78 is 20.9. The van der Waals surface area contributed by atoms with Crippen molar-refractivity contribution in [3.8, 4) is 23.0 Å². The highest BCUT2D eigenvalue weighted by atomic mass is 16.6. The summed E-state index contributed by atoms with van der Waals surface area (Å²) in [6.07, 6.45) is 1.38. The van der Waals surface area contributed by atoms with Crippen LogP contribution in [0.15, 0.2) is 71.8 Å². The van der Waals surface area contributed by atoms with Gasteiger partial charge in [0.05, 0.1) is 30.9 Å². The summed E-state index contributed by atoms with van der Waals surface area (Å²) in [5, 5.41) is 14.8. The van der Waals surface area contributed by atoms with Crippen LogP contribution in [-0.4, -0.2) is 43.8 Å². The van der Waals surface area contributed by atoms with Crippen molar-refractivity contribution in [2.75, 3.05) is 20.8 Å². The van der Waals surface area contributed by atoms with E-state index in [0.717, 1.165) is 0 Å². The summed E-state index contributed by atoms with van der Waals surface area (Å²) in [7, 11) is 2.97. The number of methoxy groups -OCH3 is 2. The number of hydrogen-bond donors (Lipinski definition) is 1. The second kappa shape index (κ2) is 11.8. The first-order chi connectivity index (χ1) is 16.9. The van der Waals surface area contributed by atoms with Crippen LogP contribution in [0.25, 0.3) is 0 Å². The number of nitrogens with one attached hydrogen (secondary N) is 1. The minimum absolute atomic E-state index is 0.0187. The standard InChI is InChI=1S/C24H21N3O8/c1-32-21-12-9-17(13-22(21)33-2)24(29)35-18-10-7-16(8-11-18)14-25-26-23(28)15-34-20-6-4-3-5-19(20)27(30)31/h3-14H,15H2,1-2H3,(H,26,28)/b25-14-. The average Bonchev–Trinajstić information content (AvgIpc) is 2.88. The van der Waals surface area contributed by atoms with E-state index in [1.54, 1.807) is 42.5 Å². The Labute approximate surface area is 200 Å². The smallest absolute Gasteiger partial charge is 0.343 e. The minimum Gasteiger partial charge on any atom is -0.493 e. The zero-order chi connectivity index (χ0) is 25.2. The number of ether oxygens (including phenoxy) is 4. The summed E-state index contributed by atoms with van der Waals surface area (Å²) in [4.78, 5) is 34.7. The van der Waals surface area contributed by atoms with Gasteiger partial charge in [-0.15, -0.1) is 0 Å². The van der Waals surface area contributed by atoms with E-state index in [-0.39, 0.29) is 11.4 Å². The van der Waals surface area contributed by atoms with Gasteiger partial charge in [-0.25, -0.2) is 10.2 Å². The van der Waals surface area contributed by atoms with E-state index in [9.17, 15) is 19.7 Å². The van der Waals surface area contributed by atoms with Crippen LogP contribution in [0.3, 0.4) is 0 Å². The van der Waals surface area contributed by atoms with E-state index < -0.39 is 23.4 Å². The summed E-state index contributed by atoms with van der Waals surface area (Å²) in [5.74, 6) is 0.0208. The molecule has 0 unspecified atom stereocenters.